The van der Waals surface area contributed by atoms with E-state index in [0.29, 0.717) is 18.2 Å². The van der Waals surface area contributed by atoms with E-state index >= 15 is 0 Å². The number of hydrogen-bond acceptors (Lipinski definition) is 3. The van der Waals surface area contributed by atoms with Gasteiger partial charge in [-0.05, 0) is 59.8 Å². The first-order valence-corrected chi connectivity index (χ1v) is 7.16. The van der Waals surface area contributed by atoms with Gasteiger partial charge in [0.2, 0.25) is 0 Å². The highest BCUT2D eigenvalue weighted by Gasteiger charge is 2.16. The third-order valence-corrected chi connectivity index (χ3v) is 3.96. The number of ketones is 1. The first-order chi connectivity index (χ1) is 8.66. The highest BCUT2D eigenvalue weighted by atomic mass is 79.9. The van der Waals surface area contributed by atoms with Gasteiger partial charge in [0, 0.05) is 28.8 Å². The van der Waals surface area contributed by atoms with E-state index in [1.165, 1.54) is 0 Å². The van der Waals surface area contributed by atoms with Crippen molar-refractivity contribution in [2.75, 3.05) is 12.3 Å². The molecule has 0 bridgehead atoms. The number of carbonyl (C=O) groups excluding carboxylic acids is 1. The summed E-state index contributed by atoms with van der Waals surface area (Å²) in [7, 11) is 0. The average Bonchev–Trinajstić information content (AvgIpc) is 2.85. The van der Waals surface area contributed by atoms with Crippen LogP contribution in [0.4, 0.5) is 5.69 Å². The van der Waals surface area contributed by atoms with Gasteiger partial charge < -0.3 is 10.5 Å². The minimum atomic E-state index is 0.175. The minimum absolute atomic E-state index is 0.175. The first kappa shape index (κ1) is 13.6. The molecule has 1 unspecified atom stereocenters. The molecular formula is C14H18BrNO2. The lowest BCUT2D eigenvalue weighted by Gasteiger charge is -2.08. The number of hydrogen-bond donors (Lipinski definition) is 1. The van der Waals surface area contributed by atoms with Gasteiger partial charge in [-0.2, -0.15) is 0 Å². The van der Waals surface area contributed by atoms with Crippen molar-refractivity contribution < 1.29 is 9.53 Å². The van der Waals surface area contributed by atoms with E-state index in [-0.39, 0.29) is 5.78 Å². The smallest absolute Gasteiger partial charge is 0.162 e. The van der Waals surface area contributed by atoms with Gasteiger partial charge >= 0.3 is 0 Å². The standard InChI is InChI=1S/C14H18BrNO2/c15-12-9-10(6-7-13(12)16)14(17)5-1-3-11-4-2-8-18-11/h6-7,9,11H,1-5,8,16H2. The van der Waals surface area contributed by atoms with Gasteiger partial charge in [-0.1, -0.05) is 0 Å². The summed E-state index contributed by atoms with van der Waals surface area (Å²) in [6, 6.07) is 5.34. The summed E-state index contributed by atoms with van der Waals surface area (Å²) in [6.07, 6.45) is 5.13. The van der Waals surface area contributed by atoms with Gasteiger partial charge in [0.15, 0.2) is 5.78 Å². The van der Waals surface area contributed by atoms with E-state index < -0.39 is 0 Å². The van der Waals surface area contributed by atoms with Gasteiger partial charge in [-0.25, -0.2) is 0 Å². The molecule has 0 spiro atoms. The molecule has 18 heavy (non-hydrogen) atoms. The van der Waals surface area contributed by atoms with Crippen molar-refractivity contribution in [2.24, 2.45) is 0 Å². The summed E-state index contributed by atoms with van der Waals surface area (Å²) in [5.74, 6) is 0.175. The van der Waals surface area contributed by atoms with Crippen molar-refractivity contribution in [1.29, 1.82) is 0 Å². The molecule has 98 valence electrons. The van der Waals surface area contributed by atoms with Gasteiger partial charge in [0.25, 0.3) is 0 Å². The Hall–Kier alpha value is -0.870. The van der Waals surface area contributed by atoms with E-state index in [1.807, 2.05) is 0 Å². The maximum atomic E-state index is 12.0. The molecule has 1 aliphatic heterocycles. The largest absolute Gasteiger partial charge is 0.398 e. The molecule has 1 atom stereocenters. The fourth-order valence-electron chi connectivity index (χ4n) is 2.21. The zero-order valence-electron chi connectivity index (χ0n) is 10.3. The van der Waals surface area contributed by atoms with Crippen LogP contribution < -0.4 is 5.73 Å². The second-order valence-corrected chi connectivity index (χ2v) is 5.54. The SMILES string of the molecule is Nc1ccc(C(=O)CCCC2CCCO2)cc1Br. The van der Waals surface area contributed by atoms with Crippen LogP contribution in [0, 0.1) is 0 Å². The molecule has 2 rings (SSSR count). The molecule has 1 aromatic rings. The summed E-state index contributed by atoms with van der Waals surface area (Å²) in [5, 5.41) is 0. The molecule has 0 saturated carbocycles. The lowest BCUT2D eigenvalue weighted by molar-refractivity contribution is 0.0923. The summed E-state index contributed by atoms with van der Waals surface area (Å²) >= 11 is 3.34. The maximum Gasteiger partial charge on any atom is 0.162 e. The molecular weight excluding hydrogens is 294 g/mol. The predicted molar refractivity (Wildman–Crippen MR) is 75.7 cm³/mol. The van der Waals surface area contributed by atoms with Crippen LogP contribution >= 0.6 is 15.9 Å². The summed E-state index contributed by atoms with van der Waals surface area (Å²) in [5.41, 5.74) is 7.08. The van der Waals surface area contributed by atoms with Crippen molar-refractivity contribution in [3.8, 4) is 0 Å². The van der Waals surface area contributed by atoms with Crippen molar-refractivity contribution in [3.63, 3.8) is 0 Å². The molecule has 0 aromatic heterocycles. The summed E-state index contributed by atoms with van der Waals surface area (Å²) in [6.45, 7) is 0.878. The van der Waals surface area contributed by atoms with Crippen LogP contribution in [0.5, 0.6) is 0 Å². The van der Waals surface area contributed by atoms with Gasteiger partial charge in [0.1, 0.15) is 0 Å². The van der Waals surface area contributed by atoms with Crippen LogP contribution in [-0.2, 0) is 4.74 Å². The molecule has 1 saturated heterocycles. The molecule has 1 fully saturated rings. The molecule has 3 nitrogen and oxygen atoms in total. The number of ether oxygens (including phenoxy) is 1. The van der Waals surface area contributed by atoms with Crippen molar-refractivity contribution in [1.82, 2.24) is 0 Å². The zero-order valence-corrected chi connectivity index (χ0v) is 11.9. The van der Waals surface area contributed by atoms with E-state index in [4.69, 9.17) is 10.5 Å². The molecule has 1 heterocycles. The molecule has 0 aliphatic carbocycles. The second kappa shape index (κ2) is 6.34. The number of rotatable bonds is 5. The molecule has 1 aromatic carbocycles. The Morgan fingerprint density at radius 2 is 2.33 bits per heavy atom. The van der Waals surface area contributed by atoms with Crippen LogP contribution in [0.2, 0.25) is 0 Å². The molecule has 0 amide bonds. The second-order valence-electron chi connectivity index (χ2n) is 4.69. The molecule has 2 N–H and O–H groups in total. The first-order valence-electron chi connectivity index (χ1n) is 6.36. The minimum Gasteiger partial charge on any atom is -0.398 e. The third kappa shape index (κ3) is 3.56. The number of benzene rings is 1. The topological polar surface area (TPSA) is 52.3 Å². The highest BCUT2D eigenvalue weighted by molar-refractivity contribution is 9.10. The van der Waals surface area contributed by atoms with E-state index in [2.05, 4.69) is 15.9 Å². The van der Waals surface area contributed by atoms with Gasteiger partial charge in [-0.3, -0.25) is 4.79 Å². The van der Waals surface area contributed by atoms with E-state index in [9.17, 15) is 4.79 Å². The zero-order chi connectivity index (χ0) is 13.0. The predicted octanol–water partition coefficient (Wildman–Crippen LogP) is 3.56. The molecule has 0 radical (unpaired) electrons. The summed E-state index contributed by atoms with van der Waals surface area (Å²) in [4.78, 5) is 12.0. The number of anilines is 1. The van der Waals surface area contributed by atoms with Crippen molar-refractivity contribution in [3.05, 3.63) is 28.2 Å². The highest BCUT2D eigenvalue weighted by Crippen LogP contribution is 2.22. The van der Waals surface area contributed by atoms with Crippen LogP contribution in [0.1, 0.15) is 42.5 Å². The number of nitrogens with two attached hydrogens (primary N) is 1. The van der Waals surface area contributed by atoms with Crippen LogP contribution in [0.3, 0.4) is 0 Å². The van der Waals surface area contributed by atoms with Crippen LogP contribution in [0.15, 0.2) is 22.7 Å². The molecule has 4 heteroatoms. The lowest BCUT2D eigenvalue weighted by Crippen LogP contribution is -2.06. The van der Waals surface area contributed by atoms with E-state index in [0.717, 1.165) is 42.3 Å². The Morgan fingerprint density at radius 3 is 3.00 bits per heavy atom. The van der Waals surface area contributed by atoms with Gasteiger partial charge in [-0.15, -0.1) is 0 Å². The van der Waals surface area contributed by atoms with Crippen LogP contribution in [-0.4, -0.2) is 18.5 Å². The number of carbonyl (C=O) groups is 1. The van der Waals surface area contributed by atoms with E-state index in [1.54, 1.807) is 18.2 Å². The van der Waals surface area contributed by atoms with Gasteiger partial charge in [0.05, 0.1) is 6.10 Å². The molecule has 1 aliphatic rings. The fraction of sp³-hybridized carbons (Fsp3) is 0.500. The number of nitrogen functional groups attached to an aromatic ring is 1. The van der Waals surface area contributed by atoms with Crippen LogP contribution in [0.25, 0.3) is 0 Å². The summed E-state index contributed by atoms with van der Waals surface area (Å²) < 4.78 is 6.32. The average molecular weight is 312 g/mol. The Kier molecular flexibility index (Phi) is 4.78. The number of halogens is 1. The van der Waals surface area contributed by atoms with Crippen molar-refractivity contribution in [2.45, 2.75) is 38.2 Å². The Morgan fingerprint density at radius 1 is 1.50 bits per heavy atom. The lowest BCUT2D eigenvalue weighted by atomic mass is 10.0. The normalized spacial score (nSPS) is 19.1. The third-order valence-electron chi connectivity index (χ3n) is 3.28. The Labute approximate surface area is 116 Å². The quantitative estimate of drug-likeness (QED) is 0.668. The Bertz CT molecular complexity index is 428. The fourth-order valence-corrected chi connectivity index (χ4v) is 2.59. The monoisotopic (exact) mass is 311 g/mol. The maximum absolute atomic E-state index is 12.0. The number of Topliss-reactive ketones (excluding diaryl/α,β-unsaturated/α-hetero) is 1. The Balaban J connectivity index is 1.81. The van der Waals surface area contributed by atoms with Crippen molar-refractivity contribution >= 4 is 27.4 Å².